The highest BCUT2D eigenvalue weighted by molar-refractivity contribution is 5.89. The number of rotatable bonds is 9. The lowest BCUT2D eigenvalue weighted by molar-refractivity contribution is -0.140. The third-order valence-electron chi connectivity index (χ3n) is 5.77. The molecule has 0 fully saturated rings. The van der Waals surface area contributed by atoms with E-state index in [-0.39, 0.29) is 24.8 Å². The van der Waals surface area contributed by atoms with Gasteiger partial charge < -0.3 is 10.2 Å². The second-order valence-corrected chi connectivity index (χ2v) is 8.32. The number of nitrogens with one attached hydrogen (secondary N) is 1. The number of likely N-dealkylation sites (N-methyl/N-ethyl adjacent to an activating group) is 1. The van der Waals surface area contributed by atoms with Gasteiger partial charge in [-0.05, 0) is 43.5 Å². The summed E-state index contributed by atoms with van der Waals surface area (Å²) in [4.78, 5) is 28.3. The Morgan fingerprint density at radius 3 is 2.33 bits per heavy atom. The molecule has 0 aliphatic heterocycles. The maximum Gasteiger partial charge on any atom is 0.243 e. The van der Waals surface area contributed by atoms with Crippen LogP contribution in [-0.2, 0) is 29.0 Å². The van der Waals surface area contributed by atoms with E-state index in [1.54, 1.807) is 18.2 Å². The van der Waals surface area contributed by atoms with Crippen molar-refractivity contribution in [2.24, 2.45) is 0 Å². The predicted molar refractivity (Wildman–Crippen MR) is 129 cm³/mol. The number of hydrogen-bond donors (Lipinski definition) is 1. The molecule has 0 aromatic heterocycles. The van der Waals surface area contributed by atoms with Crippen LogP contribution < -0.4 is 5.32 Å². The first-order chi connectivity index (χ1) is 15.9. The molecule has 2 amide bonds. The van der Waals surface area contributed by atoms with Crippen molar-refractivity contribution in [2.75, 3.05) is 6.54 Å². The van der Waals surface area contributed by atoms with E-state index in [1.807, 2.05) is 69.3 Å². The molecule has 0 aliphatic rings. The number of carbonyl (C=O) groups excluding carboxylic acids is 2. The van der Waals surface area contributed by atoms with Crippen LogP contribution in [0.15, 0.2) is 72.8 Å². The van der Waals surface area contributed by atoms with E-state index >= 15 is 0 Å². The van der Waals surface area contributed by atoms with E-state index in [1.165, 1.54) is 11.0 Å². The molecule has 5 heteroatoms. The Hall–Kier alpha value is -3.47. The van der Waals surface area contributed by atoms with Crippen molar-refractivity contribution >= 4 is 11.8 Å². The fourth-order valence-electron chi connectivity index (χ4n) is 3.91. The smallest absolute Gasteiger partial charge is 0.243 e. The van der Waals surface area contributed by atoms with Crippen LogP contribution in [0.4, 0.5) is 4.39 Å². The largest absolute Gasteiger partial charge is 0.355 e. The molecule has 3 rings (SSSR count). The van der Waals surface area contributed by atoms with Crippen molar-refractivity contribution in [3.05, 3.63) is 106 Å². The molecule has 1 unspecified atom stereocenters. The van der Waals surface area contributed by atoms with Crippen molar-refractivity contribution in [3.63, 3.8) is 0 Å². The Morgan fingerprint density at radius 2 is 1.64 bits per heavy atom. The zero-order valence-electron chi connectivity index (χ0n) is 19.5. The summed E-state index contributed by atoms with van der Waals surface area (Å²) in [5, 5.41) is 2.86. The zero-order valence-corrected chi connectivity index (χ0v) is 19.5. The van der Waals surface area contributed by atoms with Crippen LogP contribution >= 0.6 is 0 Å². The predicted octanol–water partition coefficient (Wildman–Crippen LogP) is 4.76. The highest BCUT2D eigenvalue weighted by Gasteiger charge is 2.30. The summed E-state index contributed by atoms with van der Waals surface area (Å²) in [6, 6.07) is 21.2. The van der Waals surface area contributed by atoms with Gasteiger partial charge in [-0.2, -0.15) is 0 Å². The van der Waals surface area contributed by atoms with Crippen LogP contribution in [0, 0.1) is 19.7 Å². The Labute approximate surface area is 195 Å². The van der Waals surface area contributed by atoms with Gasteiger partial charge in [-0.3, -0.25) is 9.59 Å². The fourth-order valence-corrected chi connectivity index (χ4v) is 3.91. The monoisotopic (exact) mass is 446 g/mol. The maximum atomic E-state index is 14.6. The van der Waals surface area contributed by atoms with Gasteiger partial charge in [0.05, 0.1) is 6.42 Å². The maximum absolute atomic E-state index is 14.6. The molecule has 0 saturated carbocycles. The lowest BCUT2D eigenvalue weighted by atomic mass is 9.99. The summed E-state index contributed by atoms with van der Waals surface area (Å²) in [5.74, 6) is -0.845. The second-order valence-electron chi connectivity index (χ2n) is 8.32. The first-order valence-electron chi connectivity index (χ1n) is 11.3. The van der Waals surface area contributed by atoms with Gasteiger partial charge in [0.2, 0.25) is 11.8 Å². The first kappa shape index (κ1) is 24.2. The molecule has 172 valence electrons. The topological polar surface area (TPSA) is 49.4 Å². The number of nitrogens with zero attached hydrogens (tertiary/aromatic N) is 1. The van der Waals surface area contributed by atoms with Gasteiger partial charge in [-0.25, -0.2) is 4.39 Å². The summed E-state index contributed by atoms with van der Waals surface area (Å²) < 4.78 is 14.6. The number of aryl methyl sites for hydroxylation is 2. The number of amides is 2. The highest BCUT2D eigenvalue weighted by atomic mass is 19.1. The van der Waals surface area contributed by atoms with Gasteiger partial charge in [0.15, 0.2) is 0 Å². The van der Waals surface area contributed by atoms with Crippen molar-refractivity contribution in [2.45, 2.75) is 46.2 Å². The minimum atomic E-state index is -0.760. The quantitative estimate of drug-likeness (QED) is 0.515. The summed E-state index contributed by atoms with van der Waals surface area (Å²) in [5.41, 5.74) is 4.31. The zero-order chi connectivity index (χ0) is 23.8. The van der Waals surface area contributed by atoms with Crippen LogP contribution in [0.3, 0.4) is 0 Å². The molecule has 0 aliphatic carbocycles. The van der Waals surface area contributed by atoms with Crippen LogP contribution in [0.1, 0.15) is 34.7 Å². The molecule has 0 saturated heterocycles. The molecule has 33 heavy (non-hydrogen) atoms. The van der Waals surface area contributed by atoms with Gasteiger partial charge in [0.1, 0.15) is 11.9 Å². The molecule has 0 heterocycles. The average molecular weight is 447 g/mol. The molecule has 0 radical (unpaired) electrons. The fraction of sp³-hybridized carbons (Fsp3) is 0.286. The molecule has 0 spiro atoms. The van der Waals surface area contributed by atoms with E-state index in [9.17, 15) is 14.0 Å². The van der Waals surface area contributed by atoms with Crippen LogP contribution in [-0.4, -0.2) is 29.3 Å². The Kier molecular flexibility index (Phi) is 8.36. The molecule has 1 N–H and O–H groups in total. The van der Waals surface area contributed by atoms with Gasteiger partial charge in [-0.1, -0.05) is 72.3 Å². The van der Waals surface area contributed by atoms with Gasteiger partial charge in [0.25, 0.3) is 0 Å². The highest BCUT2D eigenvalue weighted by Crippen LogP contribution is 2.19. The Morgan fingerprint density at radius 1 is 0.939 bits per heavy atom. The number of benzene rings is 3. The minimum Gasteiger partial charge on any atom is -0.355 e. The standard InChI is InChI=1S/C28H31FN2O2/c1-4-30-28(33)26(17-22-10-6-5-7-11-22)31(19-23-12-8-9-13-25(23)29)27(32)18-24-16-20(2)14-15-21(24)3/h5-16,26H,4,17-19H2,1-3H3,(H,30,33). The second kappa shape index (κ2) is 11.4. The van der Waals surface area contributed by atoms with Crippen molar-refractivity contribution in [1.82, 2.24) is 10.2 Å². The summed E-state index contributed by atoms with van der Waals surface area (Å²) in [7, 11) is 0. The van der Waals surface area contributed by atoms with Crippen LogP contribution in [0.5, 0.6) is 0 Å². The molecule has 4 nitrogen and oxygen atoms in total. The van der Waals surface area contributed by atoms with E-state index in [2.05, 4.69) is 5.32 Å². The van der Waals surface area contributed by atoms with E-state index in [4.69, 9.17) is 0 Å². The van der Waals surface area contributed by atoms with Crippen LogP contribution in [0.25, 0.3) is 0 Å². The average Bonchev–Trinajstić information content (AvgIpc) is 2.80. The number of carbonyl (C=O) groups is 2. The molecule has 3 aromatic carbocycles. The van der Waals surface area contributed by atoms with Gasteiger partial charge >= 0.3 is 0 Å². The van der Waals surface area contributed by atoms with E-state index < -0.39 is 11.9 Å². The SMILES string of the molecule is CCNC(=O)C(Cc1ccccc1)N(Cc1ccccc1F)C(=O)Cc1cc(C)ccc1C. The lowest BCUT2D eigenvalue weighted by Gasteiger charge is -2.32. The van der Waals surface area contributed by atoms with Crippen molar-refractivity contribution in [3.8, 4) is 0 Å². The minimum absolute atomic E-state index is 0.0189. The lowest BCUT2D eigenvalue weighted by Crippen LogP contribution is -2.51. The van der Waals surface area contributed by atoms with Crippen LogP contribution in [0.2, 0.25) is 0 Å². The third kappa shape index (κ3) is 6.51. The molecule has 1 atom stereocenters. The van der Waals surface area contributed by atoms with Gasteiger partial charge in [0, 0.05) is 25.1 Å². The van der Waals surface area contributed by atoms with E-state index in [0.29, 0.717) is 18.5 Å². The number of hydrogen-bond acceptors (Lipinski definition) is 2. The number of halogens is 1. The van der Waals surface area contributed by atoms with Gasteiger partial charge in [-0.15, -0.1) is 0 Å². The summed E-state index contributed by atoms with van der Waals surface area (Å²) in [6.45, 7) is 6.26. The normalized spacial score (nSPS) is 11.6. The molecule has 3 aromatic rings. The summed E-state index contributed by atoms with van der Waals surface area (Å²) >= 11 is 0. The molecule has 0 bridgehead atoms. The third-order valence-corrected chi connectivity index (χ3v) is 5.77. The summed E-state index contributed by atoms with van der Waals surface area (Å²) in [6.07, 6.45) is 0.492. The molecular formula is C28H31FN2O2. The van der Waals surface area contributed by atoms with Crippen molar-refractivity contribution < 1.29 is 14.0 Å². The Balaban J connectivity index is 1.99. The Bertz CT molecular complexity index is 1100. The molecular weight excluding hydrogens is 415 g/mol. The first-order valence-corrected chi connectivity index (χ1v) is 11.3. The van der Waals surface area contributed by atoms with Crippen molar-refractivity contribution in [1.29, 1.82) is 0 Å². The van der Waals surface area contributed by atoms with E-state index in [0.717, 1.165) is 22.3 Å².